The molecule has 0 aliphatic heterocycles. The highest BCUT2D eigenvalue weighted by molar-refractivity contribution is 6.35. The van der Waals surface area contributed by atoms with Crippen molar-refractivity contribution in [2.75, 3.05) is 7.11 Å². The number of hydrogen-bond acceptors (Lipinski definition) is 4. The SMILES string of the molecule is COc1nc(-c2cc(Cl)ccc2Cl)[nH]c(=O)n1. The van der Waals surface area contributed by atoms with E-state index in [-0.39, 0.29) is 11.8 Å². The van der Waals surface area contributed by atoms with Crippen LogP contribution < -0.4 is 10.4 Å². The van der Waals surface area contributed by atoms with Gasteiger partial charge in [-0.1, -0.05) is 23.2 Å². The van der Waals surface area contributed by atoms with E-state index in [9.17, 15) is 4.79 Å². The number of aromatic amines is 1. The Labute approximate surface area is 106 Å². The summed E-state index contributed by atoms with van der Waals surface area (Å²) in [6.07, 6.45) is 0. The lowest BCUT2D eigenvalue weighted by Crippen LogP contribution is -2.14. The molecule has 88 valence electrons. The van der Waals surface area contributed by atoms with Crippen LogP contribution in [0.25, 0.3) is 11.4 Å². The molecule has 0 aliphatic carbocycles. The molecule has 0 radical (unpaired) electrons. The van der Waals surface area contributed by atoms with Crippen LogP contribution in [0.5, 0.6) is 6.01 Å². The molecule has 1 N–H and O–H groups in total. The van der Waals surface area contributed by atoms with Gasteiger partial charge in [0.25, 0.3) is 0 Å². The number of halogens is 2. The van der Waals surface area contributed by atoms with E-state index in [1.807, 2.05) is 0 Å². The molecule has 0 amide bonds. The average Bonchev–Trinajstić information content (AvgIpc) is 2.31. The zero-order valence-corrected chi connectivity index (χ0v) is 10.2. The van der Waals surface area contributed by atoms with Crippen LogP contribution in [0.1, 0.15) is 0 Å². The first kappa shape index (κ1) is 11.9. The number of aromatic nitrogens is 3. The Morgan fingerprint density at radius 1 is 1.29 bits per heavy atom. The van der Waals surface area contributed by atoms with Crippen molar-refractivity contribution in [3.63, 3.8) is 0 Å². The van der Waals surface area contributed by atoms with E-state index in [4.69, 9.17) is 27.9 Å². The molecule has 0 saturated carbocycles. The van der Waals surface area contributed by atoms with Gasteiger partial charge in [-0.25, -0.2) is 4.79 Å². The number of rotatable bonds is 2. The second-order valence-corrected chi connectivity index (χ2v) is 3.96. The van der Waals surface area contributed by atoms with Gasteiger partial charge in [0.05, 0.1) is 12.1 Å². The molecule has 7 heteroatoms. The number of nitrogens with zero attached hydrogens (tertiary/aromatic N) is 2. The van der Waals surface area contributed by atoms with Gasteiger partial charge in [0.15, 0.2) is 0 Å². The van der Waals surface area contributed by atoms with Crippen molar-refractivity contribution in [2.24, 2.45) is 0 Å². The summed E-state index contributed by atoms with van der Waals surface area (Å²) in [4.78, 5) is 21.2. The molecule has 2 rings (SSSR count). The predicted octanol–water partition coefficient (Wildman–Crippen LogP) is 2.15. The Morgan fingerprint density at radius 3 is 2.76 bits per heavy atom. The summed E-state index contributed by atoms with van der Waals surface area (Å²) in [5, 5.41) is 0.911. The summed E-state index contributed by atoms with van der Waals surface area (Å²) in [6, 6.07) is 4.83. The van der Waals surface area contributed by atoms with E-state index < -0.39 is 5.69 Å². The zero-order valence-electron chi connectivity index (χ0n) is 8.70. The third-order valence-corrected chi connectivity index (χ3v) is 2.56. The molecule has 0 atom stereocenters. The van der Waals surface area contributed by atoms with Crippen LogP contribution in [0.3, 0.4) is 0 Å². The molecule has 0 saturated heterocycles. The van der Waals surface area contributed by atoms with Crippen LogP contribution in [-0.4, -0.2) is 22.1 Å². The van der Waals surface area contributed by atoms with E-state index in [1.165, 1.54) is 7.11 Å². The lowest BCUT2D eigenvalue weighted by atomic mass is 10.2. The fourth-order valence-electron chi connectivity index (χ4n) is 1.26. The van der Waals surface area contributed by atoms with Gasteiger partial charge in [0.1, 0.15) is 5.82 Å². The van der Waals surface area contributed by atoms with Crippen LogP contribution in [0.2, 0.25) is 10.0 Å². The van der Waals surface area contributed by atoms with Crippen molar-refractivity contribution in [3.05, 3.63) is 38.7 Å². The fraction of sp³-hybridized carbons (Fsp3) is 0.100. The van der Waals surface area contributed by atoms with Crippen molar-refractivity contribution in [3.8, 4) is 17.4 Å². The third kappa shape index (κ3) is 2.57. The highest BCUT2D eigenvalue weighted by atomic mass is 35.5. The second-order valence-electron chi connectivity index (χ2n) is 3.11. The van der Waals surface area contributed by atoms with Gasteiger partial charge in [0, 0.05) is 10.6 Å². The molecule has 0 aliphatic rings. The number of hydrogen-bond donors (Lipinski definition) is 1. The monoisotopic (exact) mass is 271 g/mol. The normalized spacial score (nSPS) is 10.3. The van der Waals surface area contributed by atoms with Gasteiger partial charge in [0.2, 0.25) is 0 Å². The van der Waals surface area contributed by atoms with Crippen molar-refractivity contribution < 1.29 is 4.74 Å². The summed E-state index contributed by atoms with van der Waals surface area (Å²) in [6.45, 7) is 0. The first-order valence-corrected chi connectivity index (χ1v) is 5.33. The molecule has 0 bridgehead atoms. The Bertz CT molecular complexity index is 613. The molecule has 1 heterocycles. The quantitative estimate of drug-likeness (QED) is 0.909. The largest absolute Gasteiger partial charge is 0.467 e. The Hall–Kier alpha value is -1.59. The minimum Gasteiger partial charge on any atom is -0.467 e. The van der Waals surface area contributed by atoms with Crippen LogP contribution in [0.15, 0.2) is 23.0 Å². The van der Waals surface area contributed by atoms with Crippen LogP contribution in [0, 0.1) is 0 Å². The zero-order chi connectivity index (χ0) is 12.4. The highest BCUT2D eigenvalue weighted by Crippen LogP contribution is 2.27. The van der Waals surface area contributed by atoms with E-state index in [0.717, 1.165) is 0 Å². The predicted molar refractivity (Wildman–Crippen MR) is 64.7 cm³/mol. The van der Waals surface area contributed by atoms with E-state index in [0.29, 0.717) is 15.6 Å². The van der Waals surface area contributed by atoms with Gasteiger partial charge in [-0.05, 0) is 18.2 Å². The minimum atomic E-state index is -0.567. The van der Waals surface area contributed by atoms with Gasteiger partial charge >= 0.3 is 11.7 Å². The first-order valence-electron chi connectivity index (χ1n) is 4.58. The number of benzene rings is 1. The molecular weight excluding hydrogens is 265 g/mol. The molecule has 1 aromatic carbocycles. The topological polar surface area (TPSA) is 67.9 Å². The third-order valence-electron chi connectivity index (χ3n) is 2.00. The maximum absolute atomic E-state index is 11.3. The Morgan fingerprint density at radius 2 is 2.06 bits per heavy atom. The molecular formula is C10H7Cl2N3O2. The fourth-order valence-corrected chi connectivity index (χ4v) is 1.64. The van der Waals surface area contributed by atoms with Crippen molar-refractivity contribution in [1.82, 2.24) is 15.0 Å². The molecule has 2 aromatic rings. The van der Waals surface area contributed by atoms with E-state index >= 15 is 0 Å². The number of ether oxygens (including phenoxy) is 1. The summed E-state index contributed by atoms with van der Waals surface area (Å²) in [7, 11) is 1.37. The average molecular weight is 272 g/mol. The Kier molecular flexibility index (Phi) is 3.31. The van der Waals surface area contributed by atoms with Crippen LogP contribution in [0.4, 0.5) is 0 Å². The number of methoxy groups -OCH3 is 1. The molecule has 0 unspecified atom stereocenters. The van der Waals surface area contributed by atoms with Gasteiger partial charge in [-0.2, -0.15) is 4.98 Å². The molecule has 0 fully saturated rings. The van der Waals surface area contributed by atoms with Gasteiger partial charge in [-0.3, -0.25) is 4.98 Å². The summed E-state index contributed by atoms with van der Waals surface area (Å²) in [5.41, 5.74) is -0.0557. The van der Waals surface area contributed by atoms with Gasteiger partial charge < -0.3 is 4.74 Å². The molecule has 17 heavy (non-hydrogen) atoms. The van der Waals surface area contributed by atoms with E-state index in [2.05, 4.69) is 15.0 Å². The molecule has 5 nitrogen and oxygen atoms in total. The molecule has 1 aromatic heterocycles. The van der Waals surface area contributed by atoms with E-state index in [1.54, 1.807) is 18.2 Å². The molecule has 0 spiro atoms. The first-order chi connectivity index (χ1) is 8.10. The Balaban J connectivity index is 2.63. The van der Waals surface area contributed by atoms with Crippen LogP contribution in [-0.2, 0) is 0 Å². The van der Waals surface area contributed by atoms with Crippen molar-refractivity contribution >= 4 is 23.2 Å². The smallest absolute Gasteiger partial charge is 0.351 e. The summed E-state index contributed by atoms with van der Waals surface area (Å²) >= 11 is 11.9. The van der Waals surface area contributed by atoms with Gasteiger partial charge in [-0.15, -0.1) is 4.98 Å². The maximum Gasteiger partial charge on any atom is 0.351 e. The lowest BCUT2D eigenvalue weighted by Gasteiger charge is -2.04. The van der Waals surface area contributed by atoms with Crippen molar-refractivity contribution in [1.29, 1.82) is 0 Å². The maximum atomic E-state index is 11.3. The number of nitrogens with one attached hydrogen (secondary N) is 1. The standard InChI is InChI=1S/C10H7Cl2N3O2/c1-17-10-14-8(13-9(16)15-10)6-4-5(11)2-3-7(6)12/h2-4H,1H3,(H,13,14,15,16). The number of H-pyrrole nitrogens is 1. The summed E-state index contributed by atoms with van der Waals surface area (Å²) in [5.74, 6) is 0.259. The second kappa shape index (κ2) is 4.73. The highest BCUT2D eigenvalue weighted by Gasteiger charge is 2.09. The summed E-state index contributed by atoms with van der Waals surface area (Å²) < 4.78 is 4.81. The lowest BCUT2D eigenvalue weighted by molar-refractivity contribution is 0.377. The van der Waals surface area contributed by atoms with Crippen LogP contribution >= 0.6 is 23.2 Å². The van der Waals surface area contributed by atoms with Crippen molar-refractivity contribution in [2.45, 2.75) is 0 Å². The minimum absolute atomic E-state index is 0.0280.